The van der Waals surface area contributed by atoms with Crippen LogP contribution in [0.2, 0.25) is 0 Å². The lowest BCUT2D eigenvalue weighted by Gasteiger charge is -2.40. The molecule has 3 heterocycles. The van der Waals surface area contributed by atoms with Crippen LogP contribution in [0.15, 0.2) is 36.5 Å². The summed E-state index contributed by atoms with van der Waals surface area (Å²) in [6.45, 7) is 5.51. The lowest BCUT2D eigenvalue weighted by atomic mass is 9.86. The van der Waals surface area contributed by atoms with Gasteiger partial charge in [-0.05, 0) is 57.5 Å². The van der Waals surface area contributed by atoms with Gasteiger partial charge in [0.1, 0.15) is 11.9 Å². The van der Waals surface area contributed by atoms with Crippen LogP contribution in [0.5, 0.6) is 0 Å². The molecule has 2 aromatic rings. The van der Waals surface area contributed by atoms with Crippen LogP contribution in [0, 0.1) is 12.7 Å². The predicted octanol–water partition coefficient (Wildman–Crippen LogP) is 3.76. The molecule has 2 aliphatic heterocycles. The van der Waals surface area contributed by atoms with E-state index in [1.54, 1.807) is 18.3 Å². The largest absolute Gasteiger partial charge is 0.336 e. The van der Waals surface area contributed by atoms with Gasteiger partial charge in [0.15, 0.2) is 0 Å². The fraction of sp³-hybridized carbons (Fsp3) is 0.565. The van der Waals surface area contributed by atoms with E-state index < -0.39 is 0 Å². The third-order valence-electron chi connectivity index (χ3n) is 6.77. The lowest BCUT2D eigenvalue weighted by Crippen LogP contribution is -2.52. The molecule has 156 valence electrons. The summed E-state index contributed by atoms with van der Waals surface area (Å²) in [7, 11) is 2.14. The molecular formula is C23H31FN4O. The summed E-state index contributed by atoms with van der Waals surface area (Å²) in [5, 5.41) is 4.37. The van der Waals surface area contributed by atoms with Gasteiger partial charge in [-0.2, -0.15) is 5.10 Å². The normalized spacial score (nSPS) is 26.6. The minimum absolute atomic E-state index is 0.0629. The van der Waals surface area contributed by atoms with Crippen molar-refractivity contribution < 1.29 is 9.18 Å². The number of aromatic nitrogens is 2. The highest BCUT2D eigenvalue weighted by molar-refractivity contribution is 5.80. The third-order valence-corrected chi connectivity index (χ3v) is 6.77. The first kappa shape index (κ1) is 20.1. The number of benzene rings is 1. The molecule has 2 fully saturated rings. The molecule has 1 unspecified atom stereocenters. The summed E-state index contributed by atoms with van der Waals surface area (Å²) in [4.78, 5) is 18.1. The third kappa shape index (κ3) is 3.82. The molecule has 5 nitrogen and oxygen atoms in total. The van der Waals surface area contributed by atoms with Gasteiger partial charge in [0, 0.05) is 36.9 Å². The molecule has 4 rings (SSSR count). The van der Waals surface area contributed by atoms with Gasteiger partial charge in [0.25, 0.3) is 0 Å². The summed E-state index contributed by atoms with van der Waals surface area (Å²) in [5.41, 5.74) is 1.98. The Morgan fingerprint density at radius 2 is 2.07 bits per heavy atom. The maximum atomic E-state index is 14.0. The second-order valence-corrected chi connectivity index (χ2v) is 8.63. The van der Waals surface area contributed by atoms with Crippen molar-refractivity contribution in [2.45, 2.75) is 63.6 Å². The molecule has 0 bridgehead atoms. The Balaban J connectivity index is 1.70. The van der Waals surface area contributed by atoms with Gasteiger partial charge in [-0.3, -0.25) is 9.48 Å². The molecule has 0 aliphatic carbocycles. The molecule has 1 amide bonds. The Kier molecular flexibility index (Phi) is 5.72. The number of amides is 1. The average molecular weight is 399 g/mol. The number of fused-ring (bicyclic) bond motifs is 1. The van der Waals surface area contributed by atoms with Crippen molar-refractivity contribution >= 4 is 5.91 Å². The summed E-state index contributed by atoms with van der Waals surface area (Å²) in [5.74, 6) is 0.0249. The van der Waals surface area contributed by atoms with Gasteiger partial charge in [-0.25, -0.2) is 4.39 Å². The molecular weight excluding hydrogens is 367 g/mol. The van der Waals surface area contributed by atoms with Crippen LogP contribution in [-0.4, -0.2) is 57.7 Å². The fourth-order valence-electron chi connectivity index (χ4n) is 5.29. The molecule has 0 spiro atoms. The molecule has 6 heteroatoms. The highest BCUT2D eigenvalue weighted by Gasteiger charge is 2.46. The highest BCUT2D eigenvalue weighted by atomic mass is 19.1. The Morgan fingerprint density at radius 1 is 1.24 bits per heavy atom. The summed E-state index contributed by atoms with van der Waals surface area (Å²) in [6, 6.07) is 8.87. The van der Waals surface area contributed by atoms with Gasteiger partial charge < -0.3 is 9.80 Å². The van der Waals surface area contributed by atoms with Crippen LogP contribution in [0.1, 0.15) is 55.8 Å². The smallest absolute Gasteiger partial charge is 0.247 e. The summed E-state index contributed by atoms with van der Waals surface area (Å²) >= 11 is 0. The van der Waals surface area contributed by atoms with Crippen molar-refractivity contribution in [2.75, 3.05) is 20.1 Å². The Bertz CT molecular complexity index is 866. The Hall–Kier alpha value is -2.21. The topological polar surface area (TPSA) is 41.4 Å². The SMILES string of the molecule is Cc1ccnn1C(C)C(=O)N1CCCCC[C@@H]2[C@@H]1[C@H](c1cccc(F)c1)CN2C. The van der Waals surface area contributed by atoms with Crippen LogP contribution in [0.4, 0.5) is 4.39 Å². The maximum Gasteiger partial charge on any atom is 0.247 e. The second kappa shape index (κ2) is 8.27. The minimum Gasteiger partial charge on any atom is -0.336 e. The number of likely N-dealkylation sites (tertiary alicyclic amines) is 2. The van der Waals surface area contributed by atoms with E-state index in [2.05, 4.69) is 21.9 Å². The zero-order valence-corrected chi connectivity index (χ0v) is 17.6. The van der Waals surface area contributed by atoms with E-state index in [9.17, 15) is 9.18 Å². The monoisotopic (exact) mass is 398 g/mol. The first-order chi connectivity index (χ1) is 14.0. The van der Waals surface area contributed by atoms with Gasteiger partial charge in [-0.1, -0.05) is 25.0 Å². The zero-order chi connectivity index (χ0) is 20.5. The van der Waals surface area contributed by atoms with E-state index in [0.29, 0.717) is 6.04 Å². The number of hydrogen-bond donors (Lipinski definition) is 0. The van der Waals surface area contributed by atoms with Crippen LogP contribution in [0.3, 0.4) is 0 Å². The van der Waals surface area contributed by atoms with Gasteiger partial charge in [0.2, 0.25) is 5.91 Å². The Morgan fingerprint density at radius 3 is 2.79 bits per heavy atom. The lowest BCUT2D eigenvalue weighted by molar-refractivity contribution is -0.138. The van der Waals surface area contributed by atoms with Crippen molar-refractivity contribution in [1.82, 2.24) is 19.6 Å². The highest BCUT2D eigenvalue weighted by Crippen LogP contribution is 2.39. The fourth-order valence-corrected chi connectivity index (χ4v) is 5.29. The van der Waals surface area contributed by atoms with Crippen molar-refractivity contribution in [1.29, 1.82) is 0 Å². The zero-order valence-electron chi connectivity index (χ0n) is 17.6. The number of likely N-dealkylation sites (N-methyl/N-ethyl adjacent to an activating group) is 1. The second-order valence-electron chi connectivity index (χ2n) is 8.63. The number of halogens is 1. The van der Waals surface area contributed by atoms with Crippen LogP contribution >= 0.6 is 0 Å². The molecule has 0 saturated carbocycles. The number of hydrogen-bond acceptors (Lipinski definition) is 3. The minimum atomic E-state index is -0.343. The van der Waals surface area contributed by atoms with E-state index in [1.807, 2.05) is 30.7 Å². The van der Waals surface area contributed by atoms with Crippen LogP contribution < -0.4 is 0 Å². The molecule has 2 saturated heterocycles. The number of rotatable bonds is 3. The molecule has 1 aromatic carbocycles. The van der Waals surface area contributed by atoms with E-state index in [-0.39, 0.29) is 29.7 Å². The molecule has 1 aromatic heterocycles. The quantitative estimate of drug-likeness (QED) is 0.791. The first-order valence-corrected chi connectivity index (χ1v) is 10.7. The van der Waals surface area contributed by atoms with Crippen molar-refractivity contribution in [3.05, 3.63) is 53.6 Å². The van der Waals surface area contributed by atoms with Crippen molar-refractivity contribution in [2.24, 2.45) is 0 Å². The average Bonchev–Trinajstić information content (AvgIpc) is 3.24. The number of nitrogens with zero attached hydrogens (tertiary/aromatic N) is 4. The number of carbonyl (C=O) groups excluding carboxylic acids is 1. The Labute approximate surface area is 172 Å². The predicted molar refractivity (Wildman–Crippen MR) is 111 cm³/mol. The van der Waals surface area contributed by atoms with E-state index in [4.69, 9.17) is 0 Å². The molecule has 29 heavy (non-hydrogen) atoms. The molecule has 2 aliphatic rings. The maximum absolute atomic E-state index is 14.0. The van der Waals surface area contributed by atoms with Crippen molar-refractivity contribution in [3.8, 4) is 0 Å². The van der Waals surface area contributed by atoms with Crippen LogP contribution in [-0.2, 0) is 4.79 Å². The standard InChI is InChI=1S/C23H31FN4O/c1-16-11-12-25-28(16)17(2)23(29)27-13-6-4-5-10-21-22(27)20(15-26(21)3)18-8-7-9-19(24)14-18/h7-9,11-12,14,17,20-22H,4-6,10,13,15H2,1-3H3/t17?,20-,21+,22-/m0/s1. The summed E-state index contributed by atoms with van der Waals surface area (Å²) < 4.78 is 15.8. The molecule has 0 radical (unpaired) electrons. The van der Waals surface area contributed by atoms with Gasteiger partial charge in [0.05, 0.1) is 6.04 Å². The van der Waals surface area contributed by atoms with E-state index >= 15 is 0 Å². The molecule has 0 N–H and O–H groups in total. The van der Waals surface area contributed by atoms with Gasteiger partial charge in [-0.15, -0.1) is 0 Å². The summed E-state index contributed by atoms with van der Waals surface area (Å²) in [6.07, 6.45) is 6.15. The van der Waals surface area contributed by atoms with E-state index in [1.165, 1.54) is 12.5 Å². The molecule has 4 atom stereocenters. The van der Waals surface area contributed by atoms with Crippen LogP contribution in [0.25, 0.3) is 0 Å². The van der Waals surface area contributed by atoms with Crippen molar-refractivity contribution in [3.63, 3.8) is 0 Å². The first-order valence-electron chi connectivity index (χ1n) is 10.7. The number of aryl methyl sites for hydroxylation is 1. The van der Waals surface area contributed by atoms with E-state index in [0.717, 1.165) is 43.6 Å². The van der Waals surface area contributed by atoms with Gasteiger partial charge >= 0.3 is 0 Å². The number of carbonyl (C=O) groups is 1.